The minimum Gasteiger partial charge on any atom is -0.497 e. The summed E-state index contributed by atoms with van der Waals surface area (Å²) in [5.41, 5.74) is 4.20. The first kappa shape index (κ1) is 20.3. The zero-order valence-corrected chi connectivity index (χ0v) is 17.7. The van der Waals surface area contributed by atoms with Crippen LogP contribution in [0.5, 0.6) is 5.75 Å². The number of aromatic nitrogens is 2. The van der Waals surface area contributed by atoms with E-state index in [1.165, 1.54) is 12.1 Å². The van der Waals surface area contributed by atoms with E-state index in [1.54, 1.807) is 7.11 Å². The van der Waals surface area contributed by atoms with Gasteiger partial charge in [0.2, 0.25) is 5.95 Å². The zero-order chi connectivity index (χ0) is 21.1. The van der Waals surface area contributed by atoms with Crippen molar-refractivity contribution in [1.82, 2.24) is 14.9 Å². The summed E-state index contributed by atoms with van der Waals surface area (Å²) in [5, 5.41) is 0. The molecule has 1 aliphatic rings. The number of anilines is 1. The van der Waals surface area contributed by atoms with E-state index in [2.05, 4.69) is 16.0 Å². The maximum Gasteiger partial charge on any atom is 0.225 e. The number of rotatable bonds is 6. The summed E-state index contributed by atoms with van der Waals surface area (Å²) in [5.74, 6) is 1.30. The molecule has 0 aliphatic carbocycles. The minimum atomic E-state index is -0.205. The Labute approximate surface area is 177 Å². The molecule has 0 amide bonds. The number of benzene rings is 2. The number of methoxy groups -OCH3 is 1. The Morgan fingerprint density at radius 3 is 2.70 bits per heavy atom. The Bertz CT molecular complexity index is 1010. The molecular formula is C24H27FN4O. The highest BCUT2D eigenvalue weighted by molar-refractivity contribution is 5.68. The Morgan fingerprint density at radius 1 is 1.17 bits per heavy atom. The number of halogens is 1. The number of nitrogens with zero attached hydrogens (tertiary/aromatic N) is 4. The summed E-state index contributed by atoms with van der Waals surface area (Å²) in [6.07, 6.45) is 4.05. The second-order valence-corrected chi connectivity index (χ2v) is 7.85. The molecule has 4 rings (SSSR count). The predicted octanol–water partition coefficient (Wildman–Crippen LogP) is 4.69. The molecule has 156 valence electrons. The van der Waals surface area contributed by atoms with Crippen LogP contribution in [-0.2, 0) is 6.54 Å². The monoisotopic (exact) mass is 406 g/mol. The van der Waals surface area contributed by atoms with E-state index in [1.807, 2.05) is 55.5 Å². The van der Waals surface area contributed by atoms with Crippen molar-refractivity contribution in [2.24, 2.45) is 0 Å². The molecule has 1 atom stereocenters. The first-order valence-electron chi connectivity index (χ1n) is 10.2. The Balaban J connectivity index is 1.73. The van der Waals surface area contributed by atoms with Crippen molar-refractivity contribution in [2.45, 2.75) is 25.4 Å². The molecule has 0 saturated carbocycles. The second-order valence-electron chi connectivity index (χ2n) is 7.85. The molecule has 1 saturated heterocycles. The lowest BCUT2D eigenvalue weighted by Gasteiger charge is -2.27. The van der Waals surface area contributed by atoms with Crippen molar-refractivity contribution < 1.29 is 9.13 Å². The van der Waals surface area contributed by atoms with Gasteiger partial charge in [0.25, 0.3) is 0 Å². The van der Waals surface area contributed by atoms with Gasteiger partial charge >= 0.3 is 0 Å². The molecule has 30 heavy (non-hydrogen) atoms. The highest BCUT2D eigenvalue weighted by Crippen LogP contribution is 2.38. The van der Waals surface area contributed by atoms with Crippen LogP contribution in [0.15, 0.2) is 54.7 Å². The van der Waals surface area contributed by atoms with Crippen LogP contribution < -0.4 is 9.64 Å². The van der Waals surface area contributed by atoms with Gasteiger partial charge in [-0.05, 0) is 54.8 Å². The summed E-state index contributed by atoms with van der Waals surface area (Å²) in [7, 11) is 5.58. The van der Waals surface area contributed by atoms with Gasteiger partial charge < -0.3 is 9.64 Å². The third-order valence-corrected chi connectivity index (χ3v) is 5.56. The highest BCUT2D eigenvalue weighted by atomic mass is 19.1. The fraction of sp³-hybridized carbons (Fsp3) is 0.333. The minimum absolute atomic E-state index is 0.179. The number of hydrogen-bond acceptors (Lipinski definition) is 5. The molecule has 5 nitrogen and oxygen atoms in total. The fourth-order valence-corrected chi connectivity index (χ4v) is 4.02. The maximum absolute atomic E-state index is 13.3. The van der Waals surface area contributed by atoms with Gasteiger partial charge in [0, 0.05) is 32.4 Å². The van der Waals surface area contributed by atoms with Crippen LogP contribution in [0, 0.1) is 5.82 Å². The van der Waals surface area contributed by atoms with Crippen molar-refractivity contribution >= 4 is 5.95 Å². The number of likely N-dealkylation sites (tertiary alicyclic amines) is 1. The first-order valence-corrected chi connectivity index (χ1v) is 10.2. The van der Waals surface area contributed by atoms with Gasteiger partial charge in [-0.1, -0.05) is 24.3 Å². The average molecular weight is 407 g/mol. The van der Waals surface area contributed by atoms with Crippen LogP contribution in [0.25, 0.3) is 11.1 Å². The molecule has 0 radical (unpaired) electrons. The van der Waals surface area contributed by atoms with Crippen LogP contribution in [0.1, 0.15) is 30.1 Å². The van der Waals surface area contributed by atoms with Crippen LogP contribution in [0.4, 0.5) is 10.3 Å². The second kappa shape index (κ2) is 8.79. The van der Waals surface area contributed by atoms with Crippen LogP contribution >= 0.6 is 0 Å². The number of hydrogen-bond donors (Lipinski definition) is 0. The van der Waals surface area contributed by atoms with Crippen molar-refractivity contribution in [2.75, 3.05) is 32.6 Å². The van der Waals surface area contributed by atoms with Gasteiger partial charge in [-0.3, -0.25) is 4.90 Å². The number of ether oxygens (including phenoxy) is 1. The van der Waals surface area contributed by atoms with E-state index in [9.17, 15) is 4.39 Å². The highest BCUT2D eigenvalue weighted by Gasteiger charge is 2.30. The molecule has 1 aliphatic heterocycles. The molecule has 3 aromatic rings. The summed E-state index contributed by atoms with van der Waals surface area (Å²) < 4.78 is 18.7. The molecule has 0 spiro atoms. The Morgan fingerprint density at radius 2 is 1.97 bits per heavy atom. The quantitative estimate of drug-likeness (QED) is 0.594. The molecule has 1 aromatic heterocycles. The molecule has 1 fully saturated rings. The molecule has 6 heteroatoms. The van der Waals surface area contributed by atoms with Gasteiger partial charge in [0.05, 0.1) is 18.8 Å². The topological polar surface area (TPSA) is 41.5 Å². The maximum atomic E-state index is 13.3. The van der Waals surface area contributed by atoms with Crippen molar-refractivity contribution in [1.29, 1.82) is 0 Å². The van der Waals surface area contributed by atoms with Crippen LogP contribution in [0.2, 0.25) is 0 Å². The molecule has 2 heterocycles. The molecular weight excluding hydrogens is 379 g/mol. The van der Waals surface area contributed by atoms with Gasteiger partial charge in [-0.25, -0.2) is 14.4 Å². The fourth-order valence-electron chi connectivity index (χ4n) is 4.02. The third kappa shape index (κ3) is 4.28. The summed E-state index contributed by atoms with van der Waals surface area (Å²) in [4.78, 5) is 13.9. The van der Waals surface area contributed by atoms with Crippen molar-refractivity contribution in [3.8, 4) is 16.9 Å². The first-order chi connectivity index (χ1) is 14.5. The summed E-state index contributed by atoms with van der Waals surface area (Å²) >= 11 is 0. The van der Waals surface area contributed by atoms with Gasteiger partial charge in [-0.2, -0.15) is 0 Å². The lowest BCUT2D eigenvalue weighted by atomic mass is 9.99. The third-order valence-electron chi connectivity index (χ3n) is 5.56. The summed E-state index contributed by atoms with van der Waals surface area (Å²) in [6.45, 7) is 1.75. The van der Waals surface area contributed by atoms with E-state index in [-0.39, 0.29) is 11.9 Å². The largest absolute Gasteiger partial charge is 0.497 e. The molecule has 0 bridgehead atoms. The van der Waals surface area contributed by atoms with E-state index in [0.717, 1.165) is 54.1 Å². The zero-order valence-electron chi connectivity index (χ0n) is 17.7. The lowest BCUT2D eigenvalue weighted by Crippen LogP contribution is -2.25. The van der Waals surface area contributed by atoms with Crippen LogP contribution in [-0.4, -0.2) is 42.6 Å². The van der Waals surface area contributed by atoms with E-state index in [4.69, 9.17) is 9.72 Å². The normalized spacial score (nSPS) is 16.6. The van der Waals surface area contributed by atoms with E-state index in [0.29, 0.717) is 5.95 Å². The molecule has 0 unspecified atom stereocenters. The molecule has 2 aromatic carbocycles. The van der Waals surface area contributed by atoms with E-state index < -0.39 is 0 Å². The SMILES string of the molecule is COc1cccc(-c2cnc(N(C)C)nc2[C@@H]2CCCN2Cc2ccc(F)cc2)c1. The van der Waals surface area contributed by atoms with Crippen molar-refractivity contribution in [3.63, 3.8) is 0 Å². The van der Waals surface area contributed by atoms with Crippen molar-refractivity contribution in [3.05, 3.63) is 71.8 Å². The predicted molar refractivity (Wildman–Crippen MR) is 117 cm³/mol. The van der Waals surface area contributed by atoms with Gasteiger partial charge in [0.15, 0.2) is 0 Å². The standard InChI is InChI=1S/C24H27FN4O/c1-28(2)24-26-15-21(18-6-4-7-20(14-18)30-3)23(27-24)22-8-5-13-29(22)16-17-9-11-19(25)12-10-17/h4,6-7,9-12,14-15,22H,5,8,13,16H2,1-3H3/t22-/m0/s1. The average Bonchev–Trinajstić information content (AvgIpc) is 3.23. The Kier molecular flexibility index (Phi) is 5.95. The van der Waals surface area contributed by atoms with E-state index >= 15 is 0 Å². The molecule has 0 N–H and O–H groups in total. The summed E-state index contributed by atoms with van der Waals surface area (Å²) in [6, 6.07) is 15.0. The van der Waals surface area contributed by atoms with Gasteiger partial charge in [-0.15, -0.1) is 0 Å². The smallest absolute Gasteiger partial charge is 0.225 e. The van der Waals surface area contributed by atoms with Gasteiger partial charge in [0.1, 0.15) is 11.6 Å². The van der Waals surface area contributed by atoms with Crippen LogP contribution in [0.3, 0.4) is 0 Å². The Hall–Kier alpha value is -2.99. The lowest BCUT2D eigenvalue weighted by molar-refractivity contribution is 0.245.